The zero-order valence-corrected chi connectivity index (χ0v) is 19.1. The molecule has 2 heterocycles. The average molecular weight is 472 g/mol. The molecule has 3 rings (SSSR count). The number of carboxylic acid groups (broad SMARTS) is 1. The summed E-state index contributed by atoms with van der Waals surface area (Å²) in [6.07, 6.45) is 5.53. The lowest BCUT2D eigenvalue weighted by molar-refractivity contribution is -0.157. The molecule has 1 saturated heterocycles. The zero-order chi connectivity index (χ0) is 21.4. The number of halogens is 1. The molecule has 1 aromatic heterocycles. The number of rotatable bonds is 4. The van der Waals surface area contributed by atoms with E-state index in [1.54, 1.807) is 4.90 Å². The number of imidazole rings is 1. The zero-order valence-electron chi connectivity index (χ0n) is 17.5. The van der Waals surface area contributed by atoms with Crippen molar-refractivity contribution in [2.24, 2.45) is 12.5 Å². The number of ether oxygens (including phenoxy) is 2. The van der Waals surface area contributed by atoms with Gasteiger partial charge < -0.3 is 24.0 Å². The molecule has 1 amide bonds. The van der Waals surface area contributed by atoms with Crippen LogP contribution in [0.5, 0.6) is 0 Å². The molecular weight excluding hydrogens is 442 g/mol. The Morgan fingerprint density at radius 3 is 2.41 bits per heavy atom. The fraction of sp³-hybridized carbons (Fsp3) is 0.750. The highest BCUT2D eigenvalue weighted by molar-refractivity contribution is 9.10. The molecule has 9 heteroatoms. The van der Waals surface area contributed by atoms with Crippen LogP contribution in [-0.2, 0) is 26.9 Å². The molecule has 0 atom stereocenters. The Balaban J connectivity index is 1.73. The van der Waals surface area contributed by atoms with Crippen LogP contribution in [0.2, 0.25) is 0 Å². The Hall–Kier alpha value is -1.61. The number of carbonyl (C=O) groups excluding carboxylic acids is 1. The first-order valence-electron chi connectivity index (χ1n) is 9.97. The van der Waals surface area contributed by atoms with E-state index in [2.05, 4.69) is 20.9 Å². The quantitative estimate of drug-likeness (QED) is 0.719. The first-order chi connectivity index (χ1) is 13.4. The molecule has 0 unspecified atom stereocenters. The summed E-state index contributed by atoms with van der Waals surface area (Å²) in [7, 11) is 1.89. The molecule has 1 aliphatic heterocycles. The van der Waals surface area contributed by atoms with E-state index in [1.165, 1.54) is 0 Å². The van der Waals surface area contributed by atoms with E-state index in [4.69, 9.17) is 14.6 Å². The SMILES string of the molecule is Cn1cc(Br)nc1C1(OCC(=O)O)CCC2(CCN(C(=O)OC(C)(C)C)C2)CC1. The van der Waals surface area contributed by atoms with Crippen LogP contribution in [-0.4, -0.2) is 56.9 Å². The van der Waals surface area contributed by atoms with Crippen LogP contribution in [0.25, 0.3) is 0 Å². The highest BCUT2D eigenvalue weighted by atomic mass is 79.9. The summed E-state index contributed by atoms with van der Waals surface area (Å²) in [6, 6.07) is 0. The molecule has 1 aromatic rings. The predicted octanol–water partition coefficient (Wildman–Crippen LogP) is 3.68. The molecule has 0 bridgehead atoms. The molecular formula is C20H30BrN3O5. The van der Waals surface area contributed by atoms with Gasteiger partial charge in [-0.2, -0.15) is 0 Å². The molecule has 29 heavy (non-hydrogen) atoms. The van der Waals surface area contributed by atoms with Crippen molar-refractivity contribution in [2.75, 3.05) is 19.7 Å². The molecule has 2 aliphatic rings. The third kappa shape index (κ3) is 4.94. The van der Waals surface area contributed by atoms with E-state index >= 15 is 0 Å². The molecule has 1 N–H and O–H groups in total. The number of carbonyl (C=O) groups is 2. The van der Waals surface area contributed by atoms with Crippen LogP contribution >= 0.6 is 15.9 Å². The van der Waals surface area contributed by atoms with Gasteiger partial charge in [-0.15, -0.1) is 0 Å². The van der Waals surface area contributed by atoms with E-state index in [9.17, 15) is 9.59 Å². The predicted molar refractivity (Wildman–Crippen MR) is 109 cm³/mol. The molecule has 162 valence electrons. The van der Waals surface area contributed by atoms with Crippen molar-refractivity contribution in [1.29, 1.82) is 0 Å². The fourth-order valence-corrected chi connectivity index (χ4v) is 4.97. The number of aryl methyl sites for hydroxylation is 1. The smallest absolute Gasteiger partial charge is 0.410 e. The van der Waals surface area contributed by atoms with Crippen molar-refractivity contribution in [3.8, 4) is 0 Å². The third-order valence-corrected chi connectivity index (χ3v) is 6.32. The largest absolute Gasteiger partial charge is 0.480 e. The number of carboxylic acids is 1. The number of aromatic nitrogens is 2. The molecule has 2 fully saturated rings. The second kappa shape index (κ2) is 7.91. The van der Waals surface area contributed by atoms with Gasteiger partial charge in [0.25, 0.3) is 0 Å². The minimum Gasteiger partial charge on any atom is -0.480 e. The minimum absolute atomic E-state index is 0.0232. The summed E-state index contributed by atoms with van der Waals surface area (Å²) in [4.78, 5) is 30.0. The van der Waals surface area contributed by atoms with Crippen molar-refractivity contribution in [2.45, 2.75) is 64.1 Å². The molecule has 1 aliphatic carbocycles. The highest BCUT2D eigenvalue weighted by Crippen LogP contribution is 2.51. The number of hydrogen-bond donors (Lipinski definition) is 1. The number of likely N-dealkylation sites (tertiary alicyclic amines) is 1. The van der Waals surface area contributed by atoms with Crippen LogP contribution in [0.15, 0.2) is 10.8 Å². The Labute approximate surface area is 179 Å². The summed E-state index contributed by atoms with van der Waals surface area (Å²) >= 11 is 3.40. The van der Waals surface area contributed by atoms with E-state index in [1.807, 2.05) is 38.6 Å². The van der Waals surface area contributed by atoms with E-state index in [0.29, 0.717) is 30.5 Å². The minimum atomic E-state index is -0.991. The third-order valence-electron chi connectivity index (χ3n) is 5.93. The summed E-state index contributed by atoms with van der Waals surface area (Å²) in [5.74, 6) is -0.252. The van der Waals surface area contributed by atoms with Gasteiger partial charge in [0, 0.05) is 26.3 Å². The van der Waals surface area contributed by atoms with Crippen molar-refractivity contribution in [1.82, 2.24) is 14.5 Å². The molecule has 8 nitrogen and oxygen atoms in total. The average Bonchev–Trinajstić information content (AvgIpc) is 3.17. The Bertz CT molecular complexity index is 778. The van der Waals surface area contributed by atoms with Gasteiger partial charge in [0.2, 0.25) is 0 Å². The maximum atomic E-state index is 12.5. The van der Waals surface area contributed by atoms with Crippen LogP contribution in [0.4, 0.5) is 4.79 Å². The summed E-state index contributed by atoms with van der Waals surface area (Å²) < 4.78 is 14.1. The standard InChI is InChI=1S/C20H30BrN3O5/c1-18(2,3)29-17(27)24-10-9-19(13-24)5-7-20(8-6-19,28-12-15(25)26)16-22-14(21)11-23(16)4/h11H,5-10,12-13H2,1-4H3,(H,25,26). The van der Waals surface area contributed by atoms with Gasteiger partial charge in [0.15, 0.2) is 0 Å². The normalized spacial score (nSPS) is 27.4. The van der Waals surface area contributed by atoms with Crippen molar-refractivity contribution < 1.29 is 24.2 Å². The Morgan fingerprint density at radius 1 is 1.24 bits per heavy atom. The Kier molecular flexibility index (Phi) is 6.02. The maximum Gasteiger partial charge on any atom is 0.410 e. The van der Waals surface area contributed by atoms with Crippen LogP contribution in [0.3, 0.4) is 0 Å². The monoisotopic (exact) mass is 471 g/mol. The number of nitrogens with zero attached hydrogens (tertiary/aromatic N) is 3. The lowest BCUT2D eigenvalue weighted by atomic mass is 9.67. The molecule has 1 saturated carbocycles. The van der Waals surface area contributed by atoms with Gasteiger partial charge in [-0.1, -0.05) is 0 Å². The lowest BCUT2D eigenvalue weighted by Gasteiger charge is -2.44. The molecule has 0 aromatic carbocycles. The van der Waals surface area contributed by atoms with Gasteiger partial charge in [-0.3, -0.25) is 0 Å². The van der Waals surface area contributed by atoms with Crippen LogP contribution < -0.4 is 0 Å². The van der Waals surface area contributed by atoms with Gasteiger partial charge >= 0.3 is 12.1 Å². The number of aliphatic carboxylic acids is 1. The first kappa shape index (κ1) is 22.1. The van der Waals surface area contributed by atoms with Crippen LogP contribution in [0, 0.1) is 5.41 Å². The highest BCUT2D eigenvalue weighted by Gasteiger charge is 2.50. The summed E-state index contributed by atoms with van der Waals surface area (Å²) in [5, 5.41) is 9.15. The van der Waals surface area contributed by atoms with Gasteiger partial charge in [0.1, 0.15) is 28.2 Å². The Morgan fingerprint density at radius 2 is 1.90 bits per heavy atom. The topological polar surface area (TPSA) is 93.9 Å². The van der Waals surface area contributed by atoms with Gasteiger partial charge in [0.05, 0.1) is 0 Å². The summed E-state index contributed by atoms with van der Waals surface area (Å²) in [6.45, 7) is 6.61. The van der Waals surface area contributed by atoms with Gasteiger partial charge in [-0.05, 0) is 74.2 Å². The first-order valence-corrected chi connectivity index (χ1v) is 10.8. The lowest BCUT2D eigenvalue weighted by Crippen LogP contribution is -2.43. The second-order valence-corrected chi connectivity index (χ2v) is 10.1. The maximum absolute atomic E-state index is 12.5. The molecule has 0 radical (unpaired) electrons. The fourth-order valence-electron chi connectivity index (χ4n) is 4.50. The number of hydrogen-bond acceptors (Lipinski definition) is 5. The van der Waals surface area contributed by atoms with E-state index < -0.39 is 17.2 Å². The van der Waals surface area contributed by atoms with E-state index in [0.717, 1.165) is 25.1 Å². The van der Waals surface area contributed by atoms with Crippen molar-refractivity contribution in [3.63, 3.8) is 0 Å². The van der Waals surface area contributed by atoms with Crippen molar-refractivity contribution in [3.05, 3.63) is 16.6 Å². The van der Waals surface area contributed by atoms with Gasteiger partial charge in [-0.25, -0.2) is 14.6 Å². The molecule has 1 spiro atoms. The second-order valence-electron chi connectivity index (χ2n) is 9.33. The number of amides is 1. The van der Waals surface area contributed by atoms with Crippen LogP contribution in [0.1, 0.15) is 58.7 Å². The summed E-state index contributed by atoms with van der Waals surface area (Å²) in [5.41, 5.74) is -1.22. The van der Waals surface area contributed by atoms with E-state index in [-0.39, 0.29) is 18.1 Å². The van der Waals surface area contributed by atoms with Crippen molar-refractivity contribution >= 4 is 28.0 Å².